The summed E-state index contributed by atoms with van der Waals surface area (Å²) in [6, 6.07) is 0.381. The average Bonchev–Trinajstić information content (AvgIpc) is 2.13. The van der Waals surface area contributed by atoms with E-state index in [9.17, 15) is 4.79 Å². The first-order valence-electron chi connectivity index (χ1n) is 3.87. The van der Waals surface area contributed by atoms with E-state index in [1.165, 1.54) is 0 Å². The Morgan fingerprint density at radius 3 is 3.20 bits per heavy atom. The molecule has 3 nitrogen and oxygen atoms in total. The van der Waals surface area contributed by atoms with Crippen LogP contribution in [0, 0.1) is 0 Å². The van der Waals surface area contributed by atoms with Crippen molar-refractivity contribution < 1.29 is 4.79 Å². The fourth-order valence-electron chi connectivity index (χ4n) is 1.17. The molecule has 0 spiro atoms. The summed E-state index contributed by atoms with van der Waals surface area (Å²) in [5, 5.41) is 5.64. The first kappa shape index (κ1) is 7.38. The molecule has 1 rings (SSSR count). The van der Waals surface area contributed by atoms with Crippen molar-refractivity contribution >= 4 is 6.03 Å². The molecule has 1 heterocycles. The SMILES string of the molecule is CCC1CCCNC(=O)N1. The average molecular weight is 142 g/mol. The Bertz CT molecular complexity index is 125. The number of hydrogen-bond donors (Lipinski definition) is 2. The lowest BCUT2D eigenvalue weighted by atomic mass is 10.1. The molecule has 1 saturated heterocycles. The van der Waals surface area contributed by atoms with Gasteiger partial charge in [0.25, 0.3) is 0 Å². The lowest BCUT2D eigenvalue weighted by Gasteiger charge is -2.11. The maximum Gasteiger partial charge on any atom is 0.315 e. The van der Waals surface area contributed by atoms with E-state index in [0.29, 0.717) is 6.04 Å². The predicted octanol–water partition coefficient (Wildman–Crippen LogP) is 0.858. The van der Waals surface area contributed by atoms with E-state index >= 15 is 0 Å². The predicted molar refractivity (Wildman–Crippen MR) is 39.8 cm³/mol. The zero-order valence-electron chi connectivity index (χ0n) is 6.31. The first-order chi connectivity index (χ1) is 4.83. The molecule has 0 aromatic heterocycles. The first-order valence-corrected chi connectivity index (χ1v) is 3.87. The maximum absolute atomic E-state index is 10.8. The number of carbonyl (C=O) groups is 1. The molecule has 0 aromatic rings. The van der Waals surface area contributed by atoms with E-state index in [-0.39, 0.29) is 6.03 Å². The molecule has 2 amide bonds. The van der Waals surface area contributed by atoms with E-state index in [2.05, 4.69) is 17.6 Å². The topological polar surface area (TPSA) is 41.1 Å². The van der Waals surface area contributed by atoms with E-state index in [4.69, 9.17) is 0 Å². The standard InChI is InChI=1S/C7H14N2O/c1-2-6-4-3-5-8-7(10)9-6/h6H,2-5H2,1H3,(H2,8,9,10). The fourth-order valence-corrected chi connectivity index (χ4v) is 1.17. The van der Waals surface area contributed by atoms with Gasteiger partial charge in [0.15, 0.2) is 0 Å². The zero-order chi connectivity index (χ0) is 7.40. The normalized spacial score (nSPS) is 26.5. The number of amides is 2. The highest BCUT2D eigenvalue weighted by atomic mass is 16.2. The molecule has 0 saturated carbocycles. The third kappa shape index (κ3) is 1.90. The van der Waals surface area contributed by atoms with Crippen LogP contribution in [0.25, 0.3) is 0 Å². The highest BCUT2D eigenvalue weighted by Gasteiger charge is 2.12. The van der Waals surface area contributed by atoms with Crippen LogP contribution >= 0.6 is 0 Å². The van der Waals surface area contributed by atoms with Crippen LogP contribution in [0.3, 0.4) is 0 Å². The van der Waals surface area contributed by atoms with Gasteiger partial charge < -0.3 is 10.6 Å². The van der Waals surface area contributed by atoms with Gasteiger partial charge in [-0.05, 0) is 19.3 Å². The van der Waals surface area contributed by atoms with Crippen molar-refractivity contribution in [1.29, 1.82) is 0 Å². The summed E-state index contributed by atoms with van der Waals surface area (Å²) in [4.78, 5) is 10.8. The van der Waals surface area contributed by atoms with E-state index in [0.717, 1.165) is 25.8 Å². The van der Waals surface area contributed by atoms with Gasteiger partial charge in [-0.15, -0.1) is 0 Å². The Balaban J connectivity index is 2.38. The van der Waals surface area contributed by atoms with Gasteiger partial charge in [0.05, 0.1) is 0 Å². The summed E-state index contributed by atoms with van der Waals surface area (Å²) >= 11 is 0. The van der Waals surface area contributed by atoms with Crippen molar-refractivity contribution in [2.75, 3.05) is 6.54 Å². The molecule has 1 atom stereocenters. The molecular weight excluding hydrogens is 128 g/mol. The van der Waals surface area contributed by atoms with Gasteiger partial charge in [0, 0.05) is 12.6 Å². The summed E-state index contributed by atoms with van der Waals surface area (Å²) in [5.41, 5.74) is 0. The molecule has 1 fully saturated rings. The third-order valence-electron chi connectivity index (χ3n) is 1.84. The highest BCUT2D eigenvalue weighted by molar-refractivity contribution is 5.74. The van der Waals surface area contributed by atoms with Crippen LogP contribution in [0.2, 0.25) is 0 Å². The number of carbonyl (C=O) groups excluding carboxylic acids is 1. The molecule has 1 aliphatic rings. The quantitative estimate of drug-likeness (QED) is 0.560. The van der Waals surface area contributed by atoms with Crippen LogP contribution in [-0.2, 0) is 0 Å². The zero-order valence-corrected chi connectivity index (χ0v) is 6.31. The largest absolute Gasteiger partial charge is 0.338 e. The molecule has 3 heteroatoms. The fraction of sp³-hybridized carbons (Fsp3) is 0.857. The molecule has 1 unspecified atom stereocenters. The minimum Gasteiger partial charge on any atom is -0.338 e. The number of rotatable bonds is 1. The van der Waals surface area contributed by atoms with Gasteiger partial charge in [0.2, 0.25) is 0 Å². The highest BCUT2D eigenvalue weighted by Crippen LogP contribution is 2.02. The minimum atomic E-state index is -0.00986. The van der Waals surface area contributed by atoms with Gasteiger partial charge in [0.1, 0.15) is 0 Å². The summed E-state index contributed by atoms with van der Waals surface area (Å²) in [5.74, 6) is 0. The third-order valence-corrected chi connectivity index (χ3v) is 1.84. The van der Waals surface area contributed by atoms with Crippen LogP contribution < -0.4 is 10.6 Å². The smallest absolute Gasteiger partial charge is 0.315 e. The van der Waals surface area contributed by atoms with Gasteiger partial charge in [-0.25, -0.2) is 4.79 Å². The summed E-state index contributed by atoms with van der Waals surface area (Å²) in [6.07, 6.45) is 3.24. The second-order valence-corrected chi connectivity index (χ2v) is 2.65. The van der Waals surface area contributed by atoms with Crippen LogP contribution in [0.1, 0.15) is 26.2 Å². The molecule has 2 N–H and O–H groups in total. The van der Waals surface area contributed by atoms with Gasteiger partial charge in [-0.3, -0.25) is 0 Å². The Kier molecular flexibility index (Phi) is 2.54. The second kappa shape index (κ2) is 3.44. The van der Waals surface area contributed by atoms with Crippen molar-refractivity contribution in [3.05, 3.63) is 0 Å². The van der Waals surface area contributed by atoms with Crippen molar-refractivity contribution in [3.63, 3.8) is 0 Å². The minimum absolute atomic E-state index is 0.00986. The second-order valence-electron chi connectivity index (χ2n) is 2.65. The Labute approximate surface area is 61.2 Å². The van der Waals surface area contributed by atoms with Crippen LogP contribution in [0.5, 0.6) is 0 Å². The maximum atomic E-state index is 10.8. The number of hydrogen-bond acceptors (Lipinski definition) is 1. The monoisotopic (exact) mass is 142 g/mol. The van der Waals surface area contributed by atoms with Gasteiger partial charge in [-0.1, -0.05) is 6.92 Å². The van der Waals surface area contributed by atoms with Crippen molar-refractivity contribution in [2.24, 2.45) is 0 Å². The molecular formula is C7H14N2O. The van der Waals surface area contributed by atoms with Crippen LogP contribution in [-0.4, -0.2) is 18.6 Å². The summed E-state index contributed by atoms with van der Waals surface area (Å²) in [6.45, 7) is 2.92. The Hall–Kier alpha value is -0.730. The number of nitrogens with one attached hydrogen (secondary N) is 2. The Morgan fingerprint density at radius 2 is 2.50 bits per heavy atom. The van der Waals surface area contributed by atoms with Crippen molar-refractivity contribution in [3.8, 4) is 0 Å². The molecule has 58 valence electrons. The number of urea groups is 1. The molecule has 0 bridgehead atoms. The van der Waals surface area contributed by atoms with Crippen LogP contribution in [0.4, 0.5) is 4.79 Å². The molecule has 10 heavy (non-hydrogen) atoms. The molecule has 0 aliphatic carbocycles. The van der Waals surface area contributed by atoms with E-state index in [1.807, 2.05) is 0 Å². The molecule has 1 aliphatic heterocycles. The van der Waals surface area contributed by atoms with Gasteiger partial charge >= 0.3 is 6.03 Å². The molecule has 0 radical (unpaired) electrons. The van der Waals surface area contributed by atoms with E-state index in [1.54, 1.807) is 0 Å². The van der Waals surface area contributed by atoms with Crippen molar-refractivity contribution in [1.82, 2.24) is 10.6 Å². The molecule has 0 aromatic carbocycles. The lowest BCUT2D eigenvalue weighted by Crippen LogP contribution is -2.38. The van der Waals surface area contributed by atoms with Gasteiger partial charge in [-0.2, -0.15) is 0 Å². The van der Waals surface area contributed by atoms with E-state index < -0.39 is 0 Å². The summed E-state index contributed by atoms with van der Waals surface area (Å²) < 4.78 is 0. The summed E-state index contributed by atoms with van der Waals surface area (Å²) in [7, 11) is 0. The van der Waals surface area contributed by atoms with Crippen LogP contribution in [0.15, 0.2) is 0 Å². The lowest BCUT2D eigenvalue weighted by molar-refractivity contribution is 0.239. The Morgan fingerprint density at radius 1 is 1.70 bits per heavy atom. The van der Waals surface area contributed by atoms with Crippen molar-refractivity contribution in [2.45, 2.75) is 32.2 Å².